The van der Waals surface area contributed by atoms with Crippen LogP contribution < -0.4 is 0 Å². The van der Waals surface area contributed by atoms with E-state index in [1.54, 1.807) is 30.3 Å². The summed E-state index contributed by atoms with van der Waals surface area (Å²) < 4.78 is 29.0. The zero-order valence-electron chi connectivity index (χ0n) is 14.4. The molecule has 1 rings (SSSR count). The molecule has 0 spiro atoms. The van der Waals surface area contributed by atoms with E-state index in [4.69, 9.17) is 4.74 Å². The first-order valence-corrected chi connectivity index (χ1v) is 10.1. The van der Waals surface area contributed by atoms with Crippen LogP contribution in [0.5, 0.6) is 0 Å². The average molecular weight is 329 g/mol. The van der Waals surface area contributed by atoms with Crippen LogP contribution in [-0.2, 0) is 14.6 Å². The lowest BCUT2D eigenvalue weighted by Gasteiger charge is -2.05. The fourth-order valence-electron chi connectivity index (χ4n) is 1.82. The van der Waals surface area contributed by atoms with Crippen molar-refractivity contribution in [3.8, 4) is 0 Å². The monoisotopic (exact) mass is 328 g/mol. The van der Waals surface area contributed by atoms with Crippen LogP contribution in [0.15, 0.2) is 35.2 Å². The van der Waals surface area contributed by atoms with Gasteiger partial charge in [-0.15, -0.1) is 0 Å². The highest BCUT2D eigenvalue weighted by atomic mass is 32.2. The van der Waals surface area contributed by atoms with Crippen molar-refractivity contribution in [3.05, 3.63) is 30.3 Å². The van der Waals surface area contributed by atoms with Crippen LogP contribution in [0.25, 0.3) is 0 Å². The minimum atomic E-state index is -3.18. The number of rotatable bonds is 10. The van der Waals surface area contributed by atoms with Gasteiger partial charge in [-0.05, 0) is 18.6 Å². The summed E-state index contributed by atoms with van der Waals surface area (Å²) in [6, 6.07) is 8.50. The minimum Gasteiger partial charge on any atom is -0.380 e. The molecular formula is C18H32O3S. The first kappa shape index (κ1) is 21.1. The van der Waals surface area contributed by atoms with Crippen molar-refractivity contribution in [2.45, 2.75) is 64.2 Å². The number of hydrogen-bond donors (Lipinski definition) is 0. The van der Waals surface area contributed by atoms with E-state index in [1.807, 2.05) is 0 Å². The lowest BCUT2D eigenvalue weighted by molar-refractivity contribution is 0.144. The van der Waals surface area contributed by atoms with Gasteiger partial charge in [0.25, 0.3) is 0 Å². The van der Waals surface area contributed by atoms with Crippen LogP contribution in [0.1, 0.15) is 59.3 Å². The molecule has 0 unspecified atom stereocenters. The summed E-state index contributed by atoms with van der Waals surface area (Å²) in [5.41, 5.74) is 0. The van der Waals surface area contributed by atoms with Gasteiger partial charge in [-0.2, -0.15) is 0 Å². The van der Waals surface area contributed by atoms with Gasteiger partial charge in [0.15, 0.2) is 9.84 Å². The summed E-state index contributed by atoms with van der Waals surface area (Å²) in [7, 11) is -3.18. The van der Waals surface area contributed by atoms with Crippen molar-refractivity contribution >= 4 is 9.84 Å². The highest BCUT2D eigenvalue weighted by Crippen LogP contribution is 2.09. The van der Waals surface area contributed by atoms with Gasteiger partial charge >= 0.3 is 0 Å². The molecule has 0 atom stereocenters. The third-order valence-electron chi connectivity index (χ3n) is 3.20. The Bertz CT molecular complexity index is 439. The Morgan fingerprint density at radius 2 is 1.41 bits per heavy atom. The van der Waals surface area contributed by atoms with Crippen LogP contribution in [0.4, 0.5) is 0 Å². The topological polar surface area (TPSA) is 43.4 Å². The lowest BCUT2D eigenvalue weighted by Crippen LogP contribution is -2.12. The van der Waals surface area contributed by atoms with E-state index in [0.29, 0.717) is 11.5 Å². The highest BCUT2D eigenvalue weighted by Gasteiger charge is 2.12. The molecule has 0 saturated heterocycles. The molecule has 0 bridgehead atoms. The maximum atomic E-state index is 11.8. The van der Waals surface area contributed by atoms with Crippen molar-refractivity contribution in [1.29, 1.82) is 0 Å². The van der Waals surface area contributed by atoms with Gasteiger partial charge in [0, 0.05) is 6.61 Å². The number of unbranched alkanes of at least 4 members (excludes halogenated alkanes) is 4. The summed E-state index contributed by atoms with van der Waals surface area (Å²) in [6.07, 6.45) is 7.35. The highest BCUT2D eigenvalue weighted by molar-refractivity contribution is 7.91. The zero-order valence-corrected chi connectivity index (χ0v) is 15.2. The summed E-state index contributed by atoms with van der Waals surface area (Å²) in [6.45, 7) is 7.48. The fourth-order valence-corrected chi connectivity index (χ4v) is 2.97. The van der Waals surface area contributed by atoms with Gasteiger partial charge in [-0.25, -0.2) is 8.42 Å². The Kier molecular flexibility index (Phi) is 13.2. The first-order chi connectivity index (χ1) is 10.6. The van der Waals surface area contributed by atoms with Crippen molar-refractivity contribution < 1.29 is 13.2 Å². The average Bonchev–Trinajstić information content (AvgIpc) is 2.53. The predicted octanol–water partition coefficient (Wildman–Crippen LogP) is 4.86. The molecule has 0 amide bonds. The van der Waals surface area contributed by atoms with Crippen molar-refractivity contribution in [1.82, 2.24) is 0 Å². The van der Waals surface area contributed by atoms with E-state index in [2.05, 4.69) is 20.8 Å². The first-order valence-electron chi connectivity index (χ1n) is 8.44. The number of ether oxygens (including phenoxy) is 1. The largest absolute Gasteiger partial charge is 0.380 e. The second-order valence-electron chi connectivity index (χ2n) is 5.30. The van der Waals surface area contributed by atoms with Crippen LogP contribution in [-0.4, -0.2) is 27.4 Å². The molecule has 0 aliphatic rings. The molecule has 0 saturated carbocycles. The molecule has 1 aromatic carbocycles. The molecule has 1 aromatic rings. The Morgan fingerprint density at radius 3 is 1.91 bits per heavy atom. The molecule has 4 heteroatoms. The van der Waals surface area contributed by atoms with E-state index >= 15 is 0 Å². The minimum absolute atomic E-state index is 0.0587. The van der Waals surface area contributed by atoms with E-state index < -0.39 is 9.84 Å². The summed E-state index contributed by atoms with van der Waals surface area (Å²) in [5.74, 6) is 0.0587. The van der Waals surface area contributed by atoms with Crippen LogP contribution >= 0.6 is 0 Å². The Hall–Kier alpha value is -0.870. The van der Waals surface area contributed by atoms with Gasteiger partial charge < -0.3 is 4.74 Å². The van der Waals surface area contributed by atoms with Crippen molar-refractivity contribution in [3.63, 3.8) is 0 Å². The Morgan fingerprint density at radius 1 is 0.818 bits per heavy atom. The molecule has 0 radical (unpaired) electrons. The van der Waals surface area contributed by atoms with E-state index in [0.717, 1.165) is 19.3 Å². The van der Waals surface area contributed by atoms with Gasteiger partial charge in [0.05, 0.1) is 17.3 Å². The van der Waals surface area contributed by atoms with Crippen LogP contribution in [0, 0.1) is 0 Å². The van der Waals surface area contributed by atoms with E-state index in [1.165, 1.54) is 19.3 Å². The zero-order chi connectivity index (χ0) is 16.7. The molecule has 0 aromatic heterocycles. The van der Waals surface area contributed by atoms with Crippen LogP contribution in [0.3, 0.4) is 0 Å². The SMILES string of the molecule is CCCCC.CCCCCOCCS(=O)(=O)c1ccccc1. The summed E-state index contributed by atoms with van der Waals surface area (Å²) >= 11 is 0. The molecule has 0 heterocycles. The van der Waals surface area contributed by atoms with Gasteiger partial charge in [0.1, 0.15) is 0 Å². The third kappa shape index (κ3) is 10.8. The molecule has 0 aliphatic carbocycles. The van der Waals surface area contributed by atoms with E-state index in [-0.39, 0.29) is 12.4 Å². The number of benzene rings is 1. The second-order valence-corrected chi connectivity index (χ2v) is 7.41. The maximum Gasteiger partial charge on any atom is 0.180 e. The molecule has 22 heavy (non-hydrogen) atoms. The maximum absolute atomic E-state index is 11.8. The second kappa shape index (κ2) is 13.8. The quantitative estimate of drug-likeness (QED) is 0.576. The van der Waals surface area contributed by atoms with Crippen LogP contribution in [0.2, 0.25) is 0 Å². The van der Waals surface area contributed by atoms with Gasteiger partial charge in [0.2, 0.25) is 0 Å². The van der Waals surface area contributed by atoms with Crippen molar-refractivity contribution in [2.24, 2.45) is 0 Å². The van der Waals surface area contributed by atoms with Gasteiger partial charge in [-0.1, -0.05) is 71.1 Å². The number of hydrogen-bond acceptors (Lipinski definition) is 3. The van der Waals surface area contributed by atoms with Crippen molar-refractivity contribution in [2.75, 3.05) is 19.0 Å². The molecule has 0 aliphatic heterocycles. The normalized spacial score (nSPS) is 10.9. The molecular weight excluding hydrogens is 296 g/mol. The third-order valence-corrected chi connectivity index (χ3v) is 4.89. The Labute approximate surface area is 137 Å². The summed E-state index contributed by atoms with van der Waals surface area (Å²) in [5, 5.41) is 0. The number of sulfone groups is 1. The standard InChI is InChI=1S/C13H20O3S.C5H12/c1-2-3-7-10-16-11-12-17(14,15)13-8-5-4-6-9-13;1-3-5-4-2/h4-6,8-9H,2-3,7,10-12H2,1H3;3-5H2,1-2H3. The predicted molar refractivity (Wildman–Crippen MR) is 94.0 cm³/mol. The molecule has 0 fully saturated rings. The molecule has 128 valence electrons. The molecule has 0 N–H and O–H groups in total. The van der Waals surface area contributed by atoms with E-state index in [9.17, 15) is 8.42 Å². The molecule has 3 nitrogen and oxygen atoms in total. The lowest BCUT2D eigenvalue weighted by atomic mass is 10.3. The fraction of sp³-hybridized carbons (Fsp3) is 0.667. The van der Waals surface area contributed by atoms with Gasteiger partial charge in [-0.3, -0.25) is 0 Å². The Balaban J connectivity index is 0.000000763. The smallest absolute Gasteiger partial charge is 0.180 e. The summed E-state index contributed by atoms with van der Waals surface area (Å²) in [4.78, 5) is 0.372.